The Bertz CT molecular complexity index is 839. The highest BCUT2D eigenvalue weighted by atomic mass is 35.5. The number of hydrogen-bond acceptors (Lipinski definition) is 3. The zero-order valence-electron chi connectivity index (χ0n) is 18.0. The van der Waals surface area contributed by atoms with Crippen LogP contribution in [-0.4, -0.2) is 48.3 Å². The van der Waals surface area contributed by atoms with E-state index in [0.717, 1.165) is 5.56 Å². The standard InChI is InChI=1S/C24H31N3O2.ClH/c1-17(2)23(28)26(3)14-18-9-11-20(12-10-18)24(29)27-15-21(13-25)22(16-27)19-7-5-4-6-8-19;/h4-12,17,21-22H,13-16,25H2,1-3H3;1H/t21-,22+;/m1./s1. The second-order valence-corrected chi connectivity index (χ2v) is 8.27. The van der Waals surface area contributed by atoms with Crippen LogP contribution in [0.4, 0.5) is 0 Å². The summed E-state index contributed by atoms with van der Waals surface area (Å²) in [6, 6.07) is 17.9. The van der Waals surface area contributed by atoms with Crippen molar-refractivity contribution in [2.24, 2.45) is 17.6 Å². The van der Waals surface area contributed by atoms with Crippen molar-refractivity contribution in [1.82, 2.24) is 9.80 Å². The molecule has 6 heteroatoms. The highest BCUT2D eigenvalue weighted by molar-refractivity contribution is 5.94. The number of carbonyl (C=O) groups is 2. The molecule has 30 heavy (non-hydrogen) atoms. The van der Waals surface area contributed by atoms with Crippen molar-refractivity contribution < 1.29 is 9.59 Å². The molecule has 0 unspecified atom stereocenters. The molecule has 2 aromatic rings. The molecule has 2 N–H and O–H groups in total. The number of likely N-dealkylation sites (tertiary alicyclic amines) is 1. The van der Waals surface area contributed by atoms with Crippen molar-refractivity contribution in [3.8, 4) is 0 Å². The monoisotopic (exact) mass is 429 g/mol. The zero-order chi connectivity index (χ0) is 21.0. The first-order valence-corrected chi connectivity index (χ1v) is 10.3. The molecular formula is C24H32ClN3O2. The van der Waals surface area contributed by atoms with Gasteiger partial charge in [0.2, 0.25) is 5.91 Å². The Morgan fingerprint density at radius 3 is 2.27 bits per heavy atom. The number of nitrogens with zero attached hydrogens (tertiary/aromatic N) is 2. The number of hydrogen-bond donors (Lipinski definition) is 1. The van der Waals surface area contributed by atoms with Crippen molar-refractivity contribution in [3.63, 3.8) is 0 Å². The van der Waals surface area contributed by atoms with Crippen molar-refractivity contribution >= 4 is 24.2 Å². The SMILES string of the molecule is CC(C)C(=O)N(C)Cc1ccc(C(=O)N2C[C@@H](CN)[C@H](c3ccccc3)C2)cc1.Cl. The molecular weight excluding hydrogens is 398 g/mol. The van der Waals surface area contributed by atoms with Crippen LogP contribution in [0.1, 0.15) is 41.3 Å². The lowest BCUT2D eigenvalue weighted by Gasteiger charge is -2.20. The van der Waals surface area contributed by atoms with Crippen LogP contribution in [0, 0.1) is 11.8 Å². The Hall–Kier alpha value is -2.37. The average Bonchev–Trinajstić information content (AvgIpc) is 3.18. The zero-order valence-corrected chi connectivity index (χ0v) is 18.8. The van der Waals surface area contributed by atoms with E-state index in [2.05, 4.69) is 12.1 Å². The summed E-state index contributed by atoms with van der Waals surface area (Å²) in [7, 11) is 1.81. The van der Waals surface area contributed by atoms with Crippen LogP contribution in [0.5, 0.6) is 0 Å². The van der Waals surface area contributed by atoms with E-state index in [4.69, 9.17) is 5.73 Å². The number of carbonyl (C=O) groups excluding carboxylic acids is 2. The number of rotatable bonds is 6. The summed E-state index contributed by atoms with van der Waals surface area (Å²) in [6.07, 6.45) is 0. The van der Waals surface area contributed by atoms with E-state index in [1.54, 1.807) is 4.90 Å². The molecule has 1 aliphatic heterocycles. The third-order valence-electron chi connectivity index (χ3n) is 5.75. The van der Waals surface area contributed by atoms with Gasteiger partial charge < -0.3 is 15.5 Å². The number of amides is 2. The third kappa shape index (κ3) is 5.41. The molecule has 2 atom stereocenters. The maximum absolute atomic E-state index is 13.0. The molecule has 2 aromatic carbocycles. The largest absolute Gasteiger partial charge is 0.341 e. The van der Waals surface area contributed by atoms with Gasteiger partial charge >= 0.3 is 0 Å². The fourth-order valence-electron chi connectivity index (χ4n) is 4.08. The quantitative estimate of drug-likeness (QED) is 0.763. The summed E-state index contributed by atoms with van der Waals surface area (Å²) in [6.45, 7) is 6.28. The van der Waals surface area contributed by atoms with E-state index in [9.17, 15) is 9.59 Å². The molecule has 0 aliphatic carbocycles. The average molecular weight is 430 g/mol. The minimum atomic E-state index is -0.0240. The first-order valence-electron chi connectivity index (χ1n) is 10.3. The third-order valence-corrected chi connectivity index (χ3v) is 5.75. The topological polar surface area (TPSA) is 66.6 Å². The fourth-order valence-corrected chi connectivity index (χ4v) is 4.08. The van der Waals surface area contributed by atoms with Crippen LogP contribution in [-0.2, 0) is 11.3 Å². The number of benzene rings is 2. The van der Waals surface area contributed by atoms with Gasteiger partial charge in [0.05, 0.1) is 0 Å². The van der Waals surface area contributed by atoms with E-state index >= 15 is 0 Å². The Labute approximate surface area is 185 Å². The molecule has 162 valence electrons. The van der Waals surface area contributed by atoms with Gasteiger partial charge in [-0.15, -0.1) is 12.4 Å². The highest BCUT2D eigenvalue weighted by Gasteiger charge is 2.35. The van der Waals surface area contributed by atoms with Crippen LogP contribution in [0.3, 0.4) is 0 Å². The second-order valence-electron chi connectivity index (χ2n) is 8.27. The molecule has 2 amide bonds. The van der Waals surface area contributed by atoms with Gasteiger partial charge in [-0.3, -0.25) is 9.59 Å². The minimum Gasteiger partial charge on any atom is -0.341 e. The molecule has 1 fully saturated rings. The lowest BCUT2D eigenvalue weighted by molar-refractivity contribution is -0.133. The Morgan fingerprint density at radius 1 is 1.07 bits per heavy atom. The van der Waals surface area contributed by atoms with Crippen molar-refractivity contribution in [2.75, 3.05) is 26.7 Å². The van der Waals surface area contributed by atoms with Gasteiger partial charge in [0.25, 0.3) is 5.91 Å². The molecule has 5 nitrogen and oxygen atoms in total. The Kier molecular flexibility index (Phi) is 8.44. The molecule has 1 aliphatic rings. The van der Waals surface area contributed by atoms with Crippen molar-refractivity contribution in [1.29, 1.82) is 0 Å². The smallest absolute Gasteiger partial charge is 0.253 e. The predicted molar refractivity (Wildman–Crippen MR) is 123 cm³/mol. The van der Waals surface area contributed by atoms with E-state index in [1.807, 2.05) is 68.3 Å². The first kappa shape index (κ1) is 23.9. The molecule has 0 saturated carbocycles. The van der Waals surface area contributed by atoms with E-state index in [0.29, 0.717) is 31.7 Å². The Morgan fingerprint density at radius 2 is 1.70 bits per heavy atom. The number of nitrogens with two attached hydrogens (primary N) is 1. The molecule has 0 bridgehead atoms. The van der Waals surface area contributed by atoms with Gasteiger partial charge in [0.15, 0.2) is 0 Å². The summed E-state index contributed by atoms with van der Waals surface area (Å²) in [5.74, 6) is 0.683. The van der Waals surface area contributed by atoms with E-state index < -0.39 is 0 Å². The van der Waals surface area contributed by atoms with Gasteiger partial charge in [-0.2, -0.15) is 0 Å². The molecule has 3 rings (SSSR count). The van der Waals surface area contributed by atoms with Crippen LogP contribution in [0.15, 0.2) is 54.6 Å². The molecule has 0 aromatic heterocycles. The maximum Gasteiger partial charge on any atom is 0.253 e. The van der Waals surface area contributed by atoms with Crippen LogP contribution < -0.4 is 5.73 Å². The fraction of sp³-hybridized carbons (Fsp3) is 0.417. The first-order chi connectivity index (χ1) is 13.9. The summed E-state index contributed by atoms with van der Waals surface area (Å²) in [5, 5.41) is 0. The highest BCUT2D eigenvalue weighted by Crippen LogP contribution is 2.32. The lowest BCUT2D eigenvalue weighted by atomic mass is 9.89. The molecule has 0 radical (unpaired) electrons. The number of halogens is 1. The molecule has 1 saturated heterocycles. The van der Waals surface area contributed by atoms with Gasteiger partial charge in [0.1, 0.15) is 0 Å². The molecule has 0 spiro atoms. The van der Waals surface area contributed by atoms with Crippen molar-refractivity contribution in [2.45, 2.75) is 26.3 Å². The van der Waals surface area contributed by atoms with Crippen LogP contribution >= 0.6 is 12.4 Å². The Balaban J connectivity index is 0.00000320. The van der Waals surface area contributed by atoms with Crippen LogP contribution in [0.2, 0.25) is 0 Å². The summed E-state index contributed by atoms with van der Waals surface area (Å²) < 4.78 is 0. The van der Waals surface area contributed by atoms with E-state index in [1.165, 1.54) is 5.56 Å². The predicted octanol–water partition coefficient (Wildman–Crippen LogP) is 3.54. The van der Waals surface area contributed by atoms with Gasteiger partial charge in [-0.05, 0) is 35.7 Å². The summed E-state index contributed by atoms with van der Waals surface area (Å²) in [5.41, 5.74) is 8.94. The summed E-state index contributed by atoms with van der Waals surface area (Å²) in [4.78, 5) is 28.7. The van der Waals surface area contributed by atoms with Gasteiger partial charge in [0, 0.05) is 44.1 Å². The second kappa shape index (κ2) is 10.6. The van der Waals surface area contributed by atoms with Crippen molar-refractivity contribution in [3.05, 3.63) is 71.3 Å². The van der Waals surface area contributed by atoms with Gasteiger partial charge in [-0.1, -0.05) is 56.3 Å². The van der Waals surface area contributed by atoms with E-state index in [-0.39, 0.29) is 42.0 Å². The maximum atomic E-state index is 13.0. The van der Waals surface area contributed by atoms with Gasteiger partial charge in [-0.25, -0.2) is 0 Å². The minimum absolute atomic E-state index is 0. The lowest BCUT2D eigenvalue weighted by Crippen LogP contribution is -2.30. The van der Waals surface area contributed by atoms with Crippen LogP contribution in [0.25, 0.3) is 0 Å². The molecule has 1 heterocycles. The summed E-state index contributed by atoms with van der Waals surface area (Å²) >= 11 is 0. The normalized spacial score (nSPS) is 18.2.